The number of carbonyl (C=O) groups is 1. The summed E-state index contributed by atoms with van der Waals surface area (Å²) in [5.74, 6) is -0.222. The number of nitrogens with one attached hydrogen (secondary N) is 1. The summed E-state index contributed by atoms with van der Waals surface area (Å²) in [5.41, 5.74) is 1.79. The summed E-state index contributed by atoms with van der Waals surface area (Å²) >= 11 is 9.35. The van der Waals surface area contributed by atoms with Gasteiger partial charge in [-0.1, -0.05) is 27.5 Å². The minimum atomic E-state index is -0.222. The molecule has 0 aliphatic carbocycles. The first kappa shape index (κ1) is 13.1. The Hall–Kier alpha value is -1.39. The van der Waals surface area contributed by atoms with E-state index in [9.17, 15) is 4.79 Å². The van der Waals surface area contributed by atoms with Gasteiger partial charge in [-0.05, 0) is 37.3 Å². The highest BCUT2D eigenvalue weighted by Crippen LogP contribution is 2.26. The van der Waals surface area contributed by atoms with Crippen LogP contribution >= 0.6 is 27.5 Å². The molecule has 1 amide bonds. The normalized spacial score (nSPS) is 10.2. The first-order valence-corrected chi connectivity index (χ1v) is 6.43. The van der Waals surface area contributed by atoms with Gasteiger partial charge in [0.25, 0.3) is 5.91 Å². The highest BCUT2D eigenvalue weighted by atomic mass is 79.9. The number of anilines is 1. The topological polar surface area (TPSA) is 42.0 Å². The van der Waals surface area contributed by atoms with Crippen molar-refractivity contribution in [2.45, 2.75) is 6.92 Å². The molecule has 3 nitrogen and oxygen atoms in total. The quantitative estimate of drug-likeness (QED) is 0.905. The molecule has 0 unspecified atom stereocenters. The lowest BCUT2D eigenvalue weighted by Gasteiger charge is -2.08. The molecule has 0 saturated heterocycles. The maximum atomic E-state index is 12.1. The lowest BCUT2D eigenvalue weighted by molar-refractivity contribution is 0.102. The van der Waals surface area contributed by atoms with Crippen molar-refractivity contribution in [3.05, 3.63) is 57.3 Å². The zero-order valence-corrected chi connectivity index (χ0v) is 11.9. The van der Waals surface area contributed by atoms with Crippen LogP contribution in [-0.4, -0.2) is 10.9 Å². The number of benzene rings is 1. The van der Waals surface area contributed by atoms with Crippen LogP contribution in [0.25, 0.3) is 0 Å². The molecule has 92 valence electrons. The van der Waals surface area contributed by atoms with Crippen molar-refractivity contribution in [1.82, 2.24) is 4.98 Å². The molecule has 5 heteroatoms. The third kappa shape index (κ3) is 2.89. The molecule has 0 atom stereocenters. The van der Waals surface area contributed by atoms with Crippen LogP contribution in [0.4, 0.5) is 5.69 Å². The molecule has 0 aliphatic heterocycles. The van der Waals surface area contributed by atoms with Gasteiger partial charge in [0, 0.05) is 16.4 Å². The lowest BCUT2D eigenvalue weighted by atomic mass is 10.2. The van der Waals surface area contributed by atoms with E-state index in [2.05, 4.69) is 26.2 Å². The summed E-state index contributed by atoms with van der Waals surface area (Å²) in [7, 11) is 0. The number of hydrogen-bond acceptors (Lipinski definition) is 2. The van der Waals surface area contributed by atoms with Crippen molar-refractivity contribution in [3.63, 3.8) is 0 Å². The van der Waals surface area contributed by atoms with Crippen molar-refractivity contribution < 1.29 is 4.79 Å². The Bertz CT molecular complexity index is 601. The molecular weight excluding hydrogens is 316 g/mol. The summed E-state index contributed by atoms with van der Waals surface area (Å²) < 4.78 is 0.852. The summed E-state index contributed by atoms with van der Waals surface area (Å²) in [6.07, 6.45) is 1.65. The Labute approximate surface area is 118 Å². The molecule has 1 aromatic carbocycles. The first-order valence-electron chi connectivity index (χ1n) is 5.26. The smallest absolute Gasteiger partial charge is 0.257 e. The largest absolute Gasteiger partial charge is 0.321 e. The number of pyridine rings is 1. The number of aryl methyl sites for hydroxylation is 1. The van der Waals surface area contributed by atoms with Crippen LogP contribution in [0.2, 0.25) is 5.02 Å². The van der Waals surface area contributed by atoms with Crippen LogP contribution in [0, 0.1) is 6.92 Å². The maximum absolute atomic E-state index is 12.1. The van der Waals surface area contributed by atoms with Crippen LogP contribution in [0.1, 0.15) is 16.1 Å². The van der Waals surface area contributed by atoms with E-state index in [1.54, 1.807) is 37.4 Å². The SMILES string of the molecule is Cc1ncccc1C(=O)Nc1cc(Br)ccc1Cl. The molecule has 1 aromatic heterocycles. The van der Waals surface area contributed by atoms with Gasteiger partial charge in [-0.25, -0.2) is 0 Å². The van der Waals surface area contributed by atoms with Crippen LogP contribution < -0.4 is 5.32 Å². The van der Waals surface area contributed by atoms with Gasteiger partial charge in [-0.3, -0.25) is 9.78 Å². The Morgan fingerprint density at radius 2 is 2.17 bits per heavy atom. The molecule has 2 rings (SSSR count). The second-order valence-electron chi connectivity index (χ2n) is 3.71. The van der Waals surface area contributed by atoms with E-state index in [0.29, 0.717) is 22.0 Å². The van der Waals surface area contributed by atoms with Crippen molar-refractivity contribution in [2.24, 2.45) is 0 Å². The van der Waals surface area contributed by atoms with Crippen LogP contribution in [0.3, 0.4) is 0 Å². The zero-order chi connectivity index (χ0) is 13.1. The van der Waals surface area contributed by atoms with E-state index >= 15 is 0 Å². The van der Waals surface area contributed by atoms with Crippen LogP contribution in [0.15, 0.2) is 41.0 Å². The fraction of sp³-hybridized carbons (Fsp3) is 0.0769. The highest BCUT2D eigenvalue weighted by Gasteiger charge is 2.11. The molecule has 0 aliphatic rings. The van der Waals surface area contributed by atoms with Crippen molar-refractivity contribution in [2.75, 3.05) is 5.32 Å². The predicted octanol–water partition coefficient (Wildman–Crippen LogP) is 4.06. The molecule has 0 bridgehead atoms. The number of aromatic nitrogens is 1. The molecule has 2 aromatic rings. The minimum Gasteiger partial charge on any atom is -0.321 e. The Morgan fingerprint density at radius 1 is 1.39 bits per heavy atom. The summed E-state index contributed by atoms with van der Waals surface area (Å²) in [5, 5.41) is 3.26. The fourth-order valence-corrected chi connectivity index (χ4v) is 2.03. The van der Waals surface area contributed by atoms with E-state index in [4.69, 9.17) is 11.6 Å². The van der Waals surface area contributed by atoms with E-state index in [-0.39, 0.29) is 5.91 Å². The summed E-state index contributed by atoms with van der Waals surface area (Å²) in [6.45, 7) is 1.79. The second kappa shape index (κ2) is 5.50. The number of rotatable bonds is 2. The number of halogens is 2. The van der Waals surface area contributed by atoms with E-state index in [0.717, 1.165) is 4.47 Å². The fourth-order valence-electron chi connectivity index (χ4n) is 1.51. The van der Waals surface area contributed by atoms with E-state index in [1.165, 1.54) is 0 Å². The third-order valence-electron chi connectivity index (χ3n) is 2.43. The van der Waals surface area contributed by atoms with Crippen molar-refractivity contribution in [3.8, 4) is 0 Å². The van der Waals surface area contributed by atoms with Gasteiger partial charge in [-0.2, -0.15) is 0 Å². The molecule has 0 fully saturated rings. The second-order valence-corrected chi connectivity index (χ2v) is 5.04. The zero-order valence-electron chi connectivity index (χ0n) is 9.58. The van der Waals surface area contributed by atoms with Gasteiger partial charge >= 0.3 is 0 Å². The number of carbonyl (C=O) groups excluding carboxylic acids is 1. The highest BCUT2D eigenvalue weighted by molar-refractivity contribution is 9.10. The van der Waals surface area contributed by atoms with Gasteiger partial charge in [0.05, 0.1) is 16.3 Å². The molecule has 1 heterocycles. The van der Waals surface area contributed by atoms with Crippen molar-refractivity contribution >= 4 is 39.1 Å². The first-order chi connectivity index (χ1) is 8.58. The maximum Gasteiger partial charge on any atom is 0.257 e. The van der Waals surface area contributed by atoms with Crippen LogP contribution in [-0.2, 0) is 0 Å². The third-order valence-corrected chi connectivity index (χ3v) is 3.25. The Kier molecular flexibility index (Phi) is 3.99. The number of amides is 1. The Morgan fingerprint density at radius 3 is 2.89 bits per heavy atom. The average molecular weight is 326 g/mol. The van der Waals surface area contributed by atoms with Gasteiger partial charge in [0.1, 0.15) is 0 Å². The van der Waals surface area contributed by atoms with E-state index in [1.807, 2.05) is 6.07 Å². The summed E-state index contributed by atoms with van der Waals surface area (Å²) in [4.78, 5) is 16.2. The van der Waals surface area contributed by atoms with E-state index < -0.39 is 0 Å². The standard InChI is InChI=1S/C13H10BrClN2O/c1-8-10(3-2-6-16-8)13(18)17-12-7-9(14)4-5-11(12)15/h2-7H,1H3,(H,17,18). The van der Waals surface area contributed by atoms with Crippen molar-refractivity contribution in [1.29, 1.82) is 0 Å². The van der Waals surface area contributed by atoms with Gasteiger partial charge in [0.2, 0.25) is 0 Å². The predicted molar refractivity (Wildman–Crippen MR) is 76.1 cm³/mol. The summed E-state index contributed by atoms with van der Waals surface area (Å²) in [6, 6.07) is 8.74. The molecule has 0 radical (unpaired) electrons. The van der Waals surface area contributed by atoms with Crippen LogP contribution in [0.5, 0.6) is 0 Å². The monoisotopic (exact) mass is 324 g/mol. The lowest BCUT2D eigenvalue weighted by Crippen LogP contribution is -2.14. The molecule has 18 heavy (non-hydrogen) atoms. The van der Waals surface area contributed by atoms with Gasteiger partial charge in [0.15, 0.2) is 0 Å². The molecule has 1 N–H and O–H groups in total. The number of nitrogens with zero attached hydrogens (tertiary/aromatic N) is 1. The average Bonchev–Trinajstić information content (AvgIpc) is 2.34. The molecule has 0 spiro atoms. The Balaban J connectivity index is 2.27. The van der Waals surface area contributed by atoms with Gasteiger partial charge in [-0.15, -0.1) is 0 Å². The molecular formula is C13H10BrClN2O. The number of hydrogen-bond donors (Lipinski definition) is 1. The van der Waals surface area contributed by atoms with Gasteiger partial charge < -0.3 is 5.32 Å². The minimum absolute atomic E-state index is 0.222. The molecule has 0 saturated carbocycles.